The summed E-state index contributed by atoms with van der Waals surface area (Å²) in [6, 6.07) is 2.72. The van der Waals surface area contributed by atoms with E-state index in [0.717, 1.165) is 0 Å². The molecule has 4 N–H and O–H groups in total. The molecule has 9 heteroatoms. The number of nitrogens with two attached hydrogens (primary N) is 2. The lowest BCUT2D eigenvalue weighted by Crippen LogP contribution is -2.45. The number of esters is 1. The fourth-order valence-electron chi connectivity index (χ4n) is 2.49. The highest BCUT2D eigenvalue weighted by molar-refractivity contribution is 6.37. The first kappa shape index (κ1) is 18.4. The van der Waals surface area contributed by atoms with Crippen molar-refractivity contribution in [2.75, 3.05) is 25.4 Å². The largest absolute Gasteiger partial charge is 0.452 e. The number of carbonyl (C=O) groups excluding carboxylic acids is 3. The molecule has 1 aromatic carbocycles. The Balaban J connectivity index is 1.96. The molecule has 1 heterocycles. The lowest BCUT2D eigenvalue weighted by molar-refractivity contribution is -0.137. The summed E-state index contributed by atoms with van der Waals surface area (Å²) in [5, 5.41) is 0.355. The van der Waals surface area contributed by atoms with E-state index in [1.165, 1.54) is 17.0 Å². The van der Waals surface area contributed by atoms with Crippen LogP contribution in [0.25, 0.3) is 0 Å². The molecule has 1 saturated heterocycles. The van der Waals surface area contributed by atoms with Crippen molar-refractivity contribution in [2.24, 2.45) is 11.7 Å². The maximum Gasteiger partial charge on any atom is 0.340 e. The zero-order valence-electron chi connectivity index (χ0n) is 12.8. The first-order chi connectivity index (χ1) is 11.3. The maximum atomic E-state index is 12.1. The van der Waals surface area contributed by atoms with Gasteiger partial charge in [-0.3, -0.25) is 9.59 Å². The number of halogens is 2. The van der Waals surface area contributed by atoms with Crippen molar-refractivity contribution in [3.63, 3.8) is 0 Å². The van der Waals surface area contributed by atoms with Gasteiger partial charge in [0.2, 0.25) is 5.91 Å². The van der Waals surface area contributed by atoms with E-state index >= 15 is 0 Å². The standard InChI is InChI=1S/C15H17Cl2N3O4/c16-9-4-10(13(18)11(17)5-9)15(23)24-7-12(21)20-3-1-2-8(6-20)14(19)22/h4-5,8H,1-3,6-7,18H2,(H2,19,22)/t8-/m0/s1. The molecule has 2 amide bonds. The molecule has 0 radical (unpaired) electrons. The number of anilines is 1. The zero-order valence-corrected chi connectivity index (χ0v) is 14.3. The molecule has 2 rings (SSSR count). The van der Waals surface area contributed by atoms with E-state index in [9.17, 15) is 14.4 Å². The SMILES string of the molecule is NC(=O)[C@H]1CCCN(C(=O)COC(=O)c2cc(Cl)cc(Cl)c2N)C1. The van der Waals surface area contributed by atoms with Crippen LogP contribution < -0.4 is 11.5 Å². The van der Waals surface area contributed by atoms with Gasteiger partial charge in [0.1, 0.15) is 0 Å². The van der Waals surface area contributed by atoms with Crippen LogP contribution in [-0.4, -0.2) is 42.4 Å². The average Bonchev–Trinajstić information content (AvgIpc) is 2.55. The van der Waals surface area contributed by atoms with Crippen molar-refractivity contribution in [1.29, 1.82) is 0 Å². The van der Waals surface area contributed by atoms with Crippen molar-refractivity contribution < 1.29 is 19.1 Å². The molecule has 0 spiro atoms. The number of benzene rings is 1. The van der Waals surface area contributed by atoms with Gasteiger partial charge in [-0.1, -0.05) is 23.2 Å². The van der Waals surface area contributed by atoms with Gasteiger partial charge < -0.3 is 21.1 Å². The Morgan fingerprint density at radius 3 is 2.67 bits per heavy atom. The number of carbonyl (C=O) groups is 3. The summed E-state index contributed by atoms with van der Waals surface area (Å²) in [5.41, 5.74) is 11.0. The van der Waals surface area contributed by atoms with Gasteiger partial charge in [-0.15, -0.1) is 0 Å². The molecular formula is C15H17Cl2N3O4. The van der Waals surface area contributed by atoms with Gasteiger partial charge in [-0.25, -0.2) is 4.79 Å². The van der Waals surface area contributed by atoms with Gasteiger partial charge in [0.15, 0.2) is 6.61 Å². The Morgan fingerprint density at radius 2 is 2.00 bits per heavy atom. The third-order valence-electron chi connectivity index (χ3n) is 3.82. The number of rotatable bonds is 4. The van der Waals surface area contributed by atoms with Gasteiger partial charge in [-0.2, -0.15) is 0 Å². The number of piperidine rings is 1. The van der Waals surface area contributed by atoms with Crippen molar-refractivity contribution in [2.45, 2.75) is 12.8 Å². The Labute approximate surface area is 148 Å². The normalized spacial score (nSPS) is 17.4. The van der Waals surface area contributed by atoms with E-state index in [-0.39, 0.29) is 33.8 Å². The first-order valence-corrected chi connectivity index (χ1v) is 8.04. The summed E-state index contributed by atoms with van der Waals surface area (Å²) in [5.74, 6) is -2.01. The Kier molecular flexibility index (Phi) is 5.90. The number of primary amides is 1. The Bertz CT molecular complexity index is 681. The lowest BCUT2D eigenvalue weighted by Gasteiger charge is -2.31. The molecule has 1 aromatic rings. The molecule has 1 atom stereocenters. The first-order valence-electron chi connectivity index (χ1n) is 7.28. The van der Waals surface area contributed by atoms with Crippen LogP contribution in [0.2, 0.25) is 10.0 Å². The third-order valence-corrected chi connectivity index (χ3v) is 4.35. The lowest BCUT2D eigenvalue weighted by atomic mass is 9.97. The minimum Gasteiger partial charge on any atom is -0.452 e. The summed E-state index contributed by atoms with van der Waals surface area (Å²) >= 11 is 11.7. The number of ether oxygens (including phenoxy) is 1. The summed E-state index contributed by atoms with van der Waals surface area (Å²) < 4.78 is 4.99. The zero-order chi connectivity index (χ0) is 17.9. The van der Waals surface area contributed by atoms with Crippen LogP contribution in [0, 0.1) is 5.92 Å². The minimum atomic E-state index is -0.797. The molecule has 0 saturated carbocycles. The predicted octanol–water partition coefficient (Wildman–Crippen LogP) is 1.46. The van der Waals surface area contributed by atoms with Crippen LogP contribution in [0.4, 0.5) is 5.69 Å². The number of amides is 2. The van der Waals surface area contributed by atoms with Gasteiger partial charge in [-0.05, 0) is 25.0 Å². The number of likely N-dealkylation sites (tertiary alicyclic amines) is 1. The monoisotopic (exact) mass is 373 g/mol. The van der Waals surface area contributed by atoms with Crippen molar-refractivity contribution in [1.82, 2.24) is 4.90 Å². The molecule has 1 fully saturated rings. The van der Waals surface area contributed by atoms with Crippen LogP contribution in [-0.2, 0) is 14.3 Å². The molecule has 24 heavy (non-hydrogen) atoms. The molecule has 1 aliphatic rings. The number of nitrogens with zero attached hydrogens (tertiary/aromatic N) is 1. The number of nitrogen functional groups attached to an aromatic ring is 1. The number of hydrogen-bond acceptors (Lipinski definition) is 5. The number of hydrogen-bond donors (Lipinski definition) is 2. The maximum absolute atomic E-state index is 12.1. The van der Waals surface area contributed by atoms with Crippen molar-refractivity contribution in [3.8, 4) is 0 Å². The highest BCUT2D eigenvalue weighted by atomic mass is 35.5. The van der Waals surface area contributed by atoms with E-state index in [1.807, 2.05) is 0 Å². The molecule has 0 aliphatic carbocycles. The van der Waals surface area contributed by atoms with E-state index in [0.29, 0.717) is 19.4 Å². The second-order valence-corrected chi connectivity index (χ2v) is 6.35. The van der Waals surface area contributed by atoms with E-state index in [2.05, 4.69) is 0 Å². The van der Waals surface area contributed by atoms with E-state index in [4.69, 9.17) is 39.4 Å². The average molecular weight is 374 g/mol. The highest BCUT2D eigenvalue weighted by Crippen LogP contribution is 2.28. The topological polar surface area (TPSA) is 116 Å². The molecule has 0 unspecified atom stereocenters. The van der Waals surface area contributed by atoms with Crippen molar-refractivity contribution >= 4 is 46.7 Å². The summed E-state index contributed by atoms with van der Waals surface area (Å²) in [7, 11) is 0. The third kappa shape index (κ3) is 4.30. The minimum absolute atomic E-state index is 0.00560. The summed E-state index contributed by atoms with van der Waals surface area (Å²) in [4.78, 5) is 36.9. The predicted molar refractivity (Wildman–Crippen MR) is 89.7 cm³/mol. The molecule has 0 aromatic heterocycles. The van der Waals surface area contributed by atoms with Crippen LogP contribution >= 0.6 is 23.2 Å². The quantitative estimate of drug-likeness (QED) is 0.611. The van der Waals surface area contributed by atoms with Gasteiger partial charge in [0, 0.05) is 18.1 Å². The van der Waals surface area contributed by atoms with E-state index < -0.39 is 24.4 Å². The molecule has 0 bridgehead atoms. The Morgan fingerprint density at radius 1 is 1.29 bits per heavy atom. The van der Waals surface area contributed by atoms with Crippen LogP contribution in [0.1, 0.15) is 23.2 Å². The van der Waals surface area contributed by atoms with E-state index in [1.54, 1.807) is 0 Å². The second kappa shape index (κ2) is 7.72. The van der Waals surface area contributed by atoms with Crippen LogP contribution in [0.15, 0.2) is 12.1 Å². The van der Waals surface area contributed by atoms with Crippen LogP contribution in [0.3, 0.4) is 0 Å². The second-order valence-electron chi connectivity index (χ2n) is 5.51. The van der Waals surface area contributed by atoms with Crippen molar-refractivity contribution in [3.05, 3.63) is 27.7 Å². The van der Waals surface area contributed by atoms with Gasteiger partial charge in [0.25, 0.3) is 5.91 Å². The molecule has 1 aliphatic heterocycles. The smallest absolute Gasteiger partial charge is 0.340 e. The fourth-order valence-corrected chi connectivity index (χ4v) is 2.98. The van der Waals surface area contributed by atoms with Crippen LogP contribution in [0.5, 0.6) is 0 Å². The highest BCUT2D eigenvalue weighted by Gasteiger charge is 2.27. The molecular weight excluding hydrogens is 357 g/mol. The Hall–Kier alpha value is -1.99. The molecule has 7 nitrogen and oxygen atoms in total. The summed E-state index contributed by atoms with van der Waals surface area (Å²) in [6.45, 7) is 0.260. The van der Waals surface area contributed by atoms with Gasteiger partial charge in [0.05, 0.1) is 22.2 Å². The molecule has 130 valence electrons. The fraction of sp³-hybridized carbons (Fsp3) is 0.400. The summed E-state index contributed by atoms with van der Waals surface area (Å²) in [6.07, 6.45) is 1.32. The van der Waals surface area contributed by atoms with Gasteiger partial charge >= 0.3 is 5.97 Å².